The molecule has 1 aliphatic carbocycles. The van der Waals surface area contributed by atoms with Gasteiger partial charge in [-0.25, -0.2) is 0 Å². The summed E-state index contributed by atoms with van der Waals surface area (Å²) in [5, 5.41) is 1.97. The van der Waals surface area contributed by atoms with Gasteiger partial charge in [0.1, 0.15) is 0 Å². The molecule has 1 saturated carbocycles. The molecule has 1 aromatic heterocycles. The number of carbonyl (C=O) groups is 1. The molecular formula is C16H16INOS. The lowest BCUT2D eigenvalue weighted by Gasteiger charge is -2.22. The van der Waals surface area contributed by atoms with Crippen molar-refractivity contribution in [1.82, 2.24) is 4.90 Å². The Morgan fingerprint density at radius 3 is 2.80 bits per heavy atom. The van der Waals surface area contributed by atoms with Gasteiger partial charge in [-0.3, -0.25) is 4.79 Å². The molecule has 1 fully saturated rings. The minimum atomic E-state index is 0.174. The Morgan fingerprint density at radius 1 is 1.40 bits per heavy atom. The van der Waals surface area contributed by atoms with Gasteiger partial charge in [-0.15, -0.1) is 11.3 Å². The topological polar surface area (TPSA) is 20.3 Å². The Labute approximate surface area is 136 Å². The molecule has 0 radical (unpaired) electrons. The Balaban J connectivity index is 1.81. The summed E-state index contributed by atoms with van der Waals surface area (Å²) in [4.78, 5) is 14.7. The normalized spacial score (nSPS) is 14.3. The molecular weight excluding hydrogens is 381 g/mol. The maximum absolute atomic E-state index is 12.7. The third-order valence-electron chi connectivity index (χ3n) is 3.50. The van der Waals surface area contributed by atoms with E-state index in [1.807, 2.05) is 16.3 Å². The average molecular weight is 397 g/mol. The van der Waals surface area contributed by atoms with Crippen LogP contribution in [0.5, 0.6) is 0 Å². The van der Waals surface area contributed by atoms with E-state index < -0.39 is 0 Å². The standard InChI is InChI=1S/C16H16INOS/c1-11-3-2-4-12(7-11)9-18(14-5-6-14)16(19)13-8-15(17)20-10-13/h2-4,7-8,10,14H,5-6,9H2,1H3. The van der Waals surface area contributed by atoms with E-state index in [-0.39, 0.29) is 5.91 Å². The van der Waals surface area contributed by atoms with Gasteiger partial charge in [-0.2, -0.15) is 0 Å². The van der Waals surface area contributed by atoms with Crippen LogP contribution in [0.3, 0.4) is 0 Å². The molecule has 104 valence electrons. The smallest absolute Gasteiger partial charge is 0.255 e. The van der Waals surface area contributed by atoms with Crippen molar-refractivity contribution in [3.05, 3.63) is 55.3 Å². The second kappa shape index (κ2) is 5.85. The van der Waals surface area contributed by atoms with E-state index >= 15 is 0 Å². The van der Waals surface area contributed by atoms with E-state index in [2.05, 4.69) is 53.8 Å². The lowest BCUT2D eigenvalue weighted by Crippen LogP contribution is -2.32. The fraction of sp³-hybridized carbons (Fsp3) is 0.312. The molecule has 0 spiro atoms. The number of halogens is 1. The molecule has 1 aromatic carbocycles. The molecule has 0 saturated heterocycles. The molecule has 0 aliphatic heterocycles. The molecule has 3 rings (SSSR count). The summed E-state index contributed by atoms with van der Waals surface area (Å²) in [6.07, 6.45) is 2.28. The lowest BCUT2D eigenvalue weighted by atomic mass is 10.1. The number of hydrogen-bond donors (Lipinski definition) is 0. The minimum Gasteiger partial charge on any atom is -0.331 e. The van der Waals surface area contributed by atoms with Crippen molar-refractivity contribution in [1.29, 1.82) is 0 Å². The third kappa shape index (κ3) is 3.23. The first kappa shape index (κ1) is 14.1. The van der Waals surface area contributed by atoms with Crippen LogP contribution in [0.2, 0.25) is 0 Å². The summed E-state index contributed by atoms with van der Waals surface area (Å²) in [6.45, 7) is 2.81. The van der Waals surface area contributed by atoms with Crippen molar-refractivity contribution in [2.24, 2.45) is 0 Å². The molecule has 2 nitrogen and oxygen atoms in total. The van der Waals surface area contributed by atoms with Gasteiger partial charge in [-0.05, 0) is 54.0 Å². The molecule has 20 heavy (non-hydrogen) atoms. The number of amides is 1. The number of carbonyl (C=O) groups excluding carboxylic acids is 1. The number of aryl methyl sites for hydroxylation is 1. The molecule has 0 atom stereocenters. The summed E-state index contributed by atoms with van der Waals surface area (Å²) >= 11 is 3.90. The maximum atomic E-state index is 12.7. The molecule has 4 heteroatoms. The van der Waals surface area contributed by atoms with E-state index in [0.29, 0.717) is 6.04 Å². The fourth-order valence-electron chi connectivity index (χ4n) is 2.35. The number of nitrogens with zero attached hydrogens (tertiary/aromatic N) is 1. The van der Waals surface area contributed by atoms with E-state index in [1.54, 1.807) is 11.3 Å². The van der Waals surface area contributed by atoms with Crippen LogP contribution >= 0.6 is 33.9 Å². The zero-order chi connectivity index (χ0) is 14.1. The molecule has 0 bridgehead atoms. The van der Waals surface area contributed by atoms with Gasteiger partial charge in [-0.1, -0.05) is 29.8 Å². The lowest BCUT2D eigenvalue weighted by molar-refractivity contribution is 0.0730. The van der Waals surface area contributed by atoms with Gasteiger partial charge in [0.05, 0.1) is 8.45 Å². The van der Waals surface area contributed by atoms with Gasteiger partial charge < -0.3 is 4.90 Å². The molecule has 1 amide bonds. The number of hydrogen-bond acceptors (Lipinski definition) is 2. The highest BCUT2D eigenvalue weighted by molar-refractivity contribution is 14.1. The van der Waals surface area contributed by atoms with Crippen LogP contribution in [0.15, 0.2) is 35.7 Å². The summed E-state index contributed by atoms with van der Waals surface area (Å²) in [5.41, 5.74) is 3.30. The minimum absolute atomic E-state index is 0.174. The zero-order valence-corrected chi connectivity index (χ0v) is 14.3. The van der Waals surface area contributed by atoms with Crippen LogP contribution in [0, 0.1) is 9.81 Å². The highest BCUT2D eigenvalue weighted by atomic mass is 127. The monoisotopic (exact) mass is 397 g/mol. The van der Waals surface area contributed by atoms with Crippen LogP contribution in [0.4, 0.5) is 0 Å². The van der Waals surface area contributed by atoms with Crippen LogP contribution in [0.1, 0.15) is 34.3 Å². The highest BCUT2D eigenvalue weighted by Crippen LogP contribution is 2.31. The Kier molecular flexibility index (Phi) is 4.12. The molecule has 0 N–H and O–H groups in total. The van der Waals surface area contributed by atoms with Crippen molar-refractivity contribution >= 4 is 39.8 Å². The molecule has 2 aromatic rings. The largest absolute Gasteiger partial charge is 0.331 e. The molecule has 1 heterocycles. The summed E-state index contributed by atoms with van der Waals surface area (Å²) in [5.74, 6) is 0.174. The summed E-state index contributed by atoms with van der Waals surface area (Å²) in [6, 6.07) is 10.8. The SMILES string of the molecule is Cc1cccc(CN(C(=O)c2csc(I)c2)C2CC2)c1. The molecule has 1 aliphatic rings. The van der Waals surface area contributed by atoms with Crippen LogP contribution < -0.4 is 0 Å². The van der Waals surface area contributed by atoms with E-state index in [1.165, 1.54) is 11.1 Å². The predicted octanol–water partition coefficient (Wildman–Crippen LogP) is 4.47. The predicted molar refractivity (Wildman–Crippen MR) is 91.1 cm³/mol. The number of thiophene rings is 1. The van der Waals surface area contributed by atoms with Crippen molar-refractivity contribution < 1.29 is 4.79 Å². The maximum Gasteiger partial charge on any atom is 0.255 e. The van der Waals surface area contributed by atoms with Gasteiger partial charge >= 0.3 is 0 Å². The fourth-order valence-corrected chi connectivity index (χ4v) is 3.67. The second-order valence-corrected chi connectivity index (χ2v) is 8.10. The van der Waals surface area contributed by atoms with Crippen LogP contribution in [-0.4, -0.2) is 16.8 Å². The van der Waals surface area contributed by atoms with Crippen molar-refractivity contribution in [2.45, 2.75) is 32.4 Å². The van der Waals surface area contributed by atoms with Gasteiger partial charge in [0, 0.05) is 18.0 Å². The average Bonchev–Trinajstić information content (AvgIpc) is 3.17. The Hall–Kier alpha value is -0.880. The molecule has 0 unspecified atom stereocenters. The van der Waals surface area contributed by atoms with E-state index in [9.17, 15) is 4.79 Å². The first-order valence-electron chi connectivity index (χ1n) is 6.74. The Bertz CT molecular complexity index is 633. The van der Waals surface area contributed by atoms with Crippen LogP contribution in [0.25, 0.3) is 0 Å². The van der Waals surface area contributed by atoms with Gasteiger partial charge in [0.25, 0.3) is 5.91 Å². The number of rotatable bonds is 4. The van der Waals surface area contributed by atoms with Crippen molar-refractivity contribution in [2.75, 3.05) is 0 Å². The van der Waals surface area contributed by atoms with Gasteiger partial charge in [0.2, 0.25) is 0 Å². The van der Waals surface area contributed by atoms with E-state index in [4.69, 9.17) is 0 Å². The van der Waals surface area contributed by atoms with Crippen molar-refractivity contribution in [3.63, 3.8) is 0 Å². The Morgan fingerprint density at radius 2 is 2.20 bits per heavy atom. The quantitative estimate of drug-likeness (QED) is 0.698. The highest BCUT2D eigenvalue weighted by Gasteiger charge is 2.33. The third-order valence-corrected chi connectivity index (χ3v) is 5.29. The second-order valence-electron chi connectivity index (χ2n) is 5.29. The first-order chi connectivity index (χ1) is 9.63. The van der Waals surface area contributed by atoms with Crippen LogP contribution in [-0.2, 0) is 6.54 Å². The first-order valence-corrected chi connectivity index (χ1v) is 8.70. The number of benzene rings is 1. The van der Waals surface area contributed by atoms with Gasteiger partial charge in [0.15, 0.2) is 0 Å². The summed E-state index contributed by atoms with van der Waals surface area (Å²) < 4.78 is 1.16. The van der Waals surface area contributed by atoms with E-state index in [0.717, 1.165) is 27.8 Å². The summed E-state index contributed by atoms with van der Waals surface area (Å²) in [7, 11) is 0. The van der Waals surface area contributed by atoms with Crippen molar-refractivity contribution in [3.8, 4) is 0 Å². The zero-order valence-electron chi connectivity index (χ0n) is 11.3.